The molecule has 2 rings (SSSR count). The van der Waals surface area contributed by atoms with Gasteiger partial charge in [-0.2, -0.15) is 0 Å². The summed E-state index contributed by atoms with van der Waals surface area (Å²) in [6, 6.07) is 0.687. The molecule has 0 aromatic heterocycles. The van der Waals surface area contributed by atoms with Crippen LogP contribution in [0, 0.1) is 5.41 Å². The Hall–Kier alpha value is -0.120. The van der Waals surface area contributed by atoms with E-state index in [0.29, 0.717) is 11.5 Å². The standard InChI is InChI=1S/C13H26N2O/c1-12-3-7-15(8-6-14-12)11-13(2)4-9-16-10-5-13/h12,14H,3-11H2,1-2H3. The summed E-state index contributed by atoms with van der Waals surface area (Å²) in [7, 11) is 0. The van der Waals surface area contributed by atoms with Crippen molar-refractivity contribution < 1.29 is 4.74 Å². The third kappa shape index (κ3) is 3.44. The lowest BCUT2D eigenvalue weighted by atomic mass is 9.82. The highest BCUT2D eigenvalue weighted by Gasteiger charge is 2.30. The lowest BCUT2D eigenvalue weighted by Crippen LogP contribution is -2.41. The molecule has 2 aliphatic heterocycles. The number of nitrogens with one attached hydrogen (secondary N) is 1. The highest BCUT2D eigenvalue weighted by molar-refractivity contribution is 4.83. The van der Waals surface area contributed by atoms with E-state index in [2.05, 4.69) is 24.1 Å². The Morgan fingerprint density at radius 3 is 2.81 bits per heavy atom. The zero-order valence-corrected chi connectivity index (χ0v) is 10.8. The van der Waals surface area contributed by atoms with Crippen molar-refractivity contribution >= 4 is 0 Å². The minimum absolute atomic E-state index is 0.492. The van der Waals surface area contributed by atoms with E-state index in [4.69, 9.17) is 4.74 Å². The fraction of sp³-hybridized carbons (Fsp3) is 1.00. The summed E-state index contributed by atoms with van der Waals surface area (Å²) in [5.41, 5.74) is 0.492. The summed E-state index contributed by atoms with van der Waals surface area (Å²) in [6.45, 7) is 11.5. The monoisotopic (exact) mass is 226 g/mol. The van der Waals surface area contributed by atoms with Crippen molar-refractivity contribution in [1.29, 1.82) is 0 Å². The number of rotatable bonds is 2. The molecule has 16 heavy (non-hydrogen) atoms. The van der Waals surface area contributed by atoms with E-state index in [1.807, 2.05) is 0 Å². The van der Waals surface area contributed by atoms with Crippen molar-refractivity contribution in [3.63, 3.8) is 0 Å². The zero-order valence-electron chi connectivity index (χ0n) is 10.8. The summed E-state index contributed by atoms with van der Waals surface area (Å²) >= 11 is 0. The molecule has 2 heterocycles. The van der Waals surface area contributed by atoms with Gasteiger partial charge in [0.1, 0.15) is 0 Å². The van der Waals surface area contributed by atoms with Crippen molar-refractivity contribution in [3.05, 3.63) is 0 Å². The van der Waals surface area contributed by atoms with Crippen LogP contribution < -0.4 is 5.32 Å². The smallest absolute Gasteiger partial charge is 0.0471 e. The van der Waals surface area contributed by atoms with E-state index in [0.717, 1.165) is 19.8 Å². The maximum Gasteiger partial charge on any atom is 0.0471 e. The third-order valence-corrected chi connectivity index (χ3v) is 4.10. The quantitative estimate of drug-likeness (QED) is 0.772. The van der Waals surface area contributed by atoms with Crippen LogP contribution in [0.25, 0.3) is 0 Å². The normalized spacial score (nSPS) is 32.2. The van der Waals surface area contributed by atoms with Gasteiger partial charge in [-0.3, -0.25) is 0 Å². The Morgan fingerprint density at radius 1 is 1.31 bits per heavy atom. The van der Waals surface area contributed by atoms with Crippen molar-refractivity contribution in [1.82, 2.24) is 10.2 Å². The molecular formula is C13H26N2O. The van der Waals surface area contributed by atoms with Crippen LogP contribution in [0.1, 0.15) is 33.1 Å². The molecule has 0 aliphatic carbocycles. The SMILES string of the molecule is CC1CCN(CC2(C)CCOCC2)CCN1. The summed E-state index contributed by atoms with van der Waals surface area (Å²) in [6.07, 6.45) is 3.74. The first-order valence-electron chi connectivity index (χ1n) is 6.71. The van der Waals surface area contributed by atoms with E-state index in [1.54, 1.807) is 0 Å². The van der Waals surface area contributed by atoms with Crippen LogP contribution in [0.2, 0.25) is 0 Å². The average Bonchev–Trinajstić information content (AvgIpc) is 2.44. The van der Waals surface area contributed by atoms with Gasteiger partial charge in [-0.15, -0.1) is 0 Å². The molecular weight excluding hydrogens is 200 g/mol. The molecule has 0 spiro atoms. The number of ether oxygens (including phenoxy) is 1. The molecule has 0 bridgehead atoms. The molecule has 2 aliphatic rings. The lowest BCUT2D eigenvalue weighted by Gasteiger charge is -2.37. The van der Waals surface area contributed by atoms with E-state index in [-0.39, 0.29) is 0 Å². The molecule has 0 saturated carbocycles. The molecule has 94 valence electrons. The summed E-state index contributed by atoms with van der Waals surface area (Å²) < 4.78 is 5.46. The van der Waals surface area contributed by atoms with Gasteiger partial charge in [0.15, 0.2) is 0 Å². The summed E-state index contributed by atoms with van der Waals surface area (Å²) in [5.74, 6) is 0. The molecule has 2 fully saturated rings. The van der Waals surface area contributed by atoms with Gasteiger partial charge in [-0.25, -0.2) is 0 Å². The van der Waals surface area contributed by atoms with Crippen molar-refractivity contribution in [2.75, 3.05) is 39.4 Å². The number of hydrogen-bond donors (Lipinski definition) is 1. The van der Waals surface area contributed by atoms with Crippen LogP contribution in [0.15, 0.2) is 0 Å². The van der Waals surface area contributed by atoms with Crippen molar-refractivity contribution in [2.45, 2.75) is 39.2 Å². The van der Waals surface area contributed by atoms with Gasteiger partial charge >= 0.3 is 0 Å². The molecule has 0 radical (unpaired) electrons. The van der Waals surface area contributed by atoms with Crippen LogP contribution in [0.4, 0.5) is 0 Å². The van der Waals surface area contributed by atoms with Gasteiger partial charge in [0, 0.05) is 38.9 Å². The molecule has 0 aromatic carbocycles. The highest BCUT2D eigenvalue weighted by atomic mass is 16.5. The molecule has 1 N–H and O–H groups in total. The van der Waals surface area contributed by atoms with Gasteiger partial charge in [-0.05, 0) is 38.1 Å². The predicted octanol–water partition coefficient (Wildman–Crippen LogP) is 1.49. The predicted molar refractivity (Wildman–Crippen MR) is 66.7 cm³/mol. The Labute approximate surface area is 99.5 Å². The van der Waals surface area contributed by atoms with Crippen LogP contribution >= 0.6 is 0 Å². The van der Waals surface area contributed by atoms with E-state index >= 15 is 0 Å². The Bertz CT molecular complexity index is 214. The van der Waals surface area contributed by atoms with Crippen molar-refractivity contribution in [2.24, 2.45) is 5.41 Å². The maximum absolute atomic E-state index is 5.46. The Balaban J connectivity index is 1.83. The fourth-order valence-corrected chi connectivity index (χ4v) is 2.78. The first kappa shape index (κ1) is 12.3. The second kappa shape index (κ2) is 5.48. The largest absolute Gasteiger partial charge is 0.381 e. The second-order valence-corrected chi connectivity index (χ2v) is 5.84. The average molecular weight is 226 g/mol. The van der Waals surface area contributed by atoms with E-state index < -0.39 is 0 Å². The summed E-state index contributed by atoms with van der Waals surface area (Å²) in [5, 5.41) is 3.56. The van der Waals surface area contributed by atoms with Gasteiger partial charge in [0.05, 0.1) is 0 Å². The van der Waals surface area contributed by atoms with Crippen LogP contribution in [0.5, 0.6) is 0 Å². The van der Waals surface area contributed by atoms with Gasteiger partial charge in [-0.1, -0.05) is 6.92 Å². The zero-order chi connectivity index (χ0) is 11.4. The minimum Gasteiger partial charge on any atom is -0.381 e. The Kier molecular flexibility index (Phi) is 4.22. The molecule has 0 aromatic rings. The summed E-state index contributed by atoms with van der Waals surface area (Å²) in [4.78, 5) is 2.64. The van der Waals surface area contributed by atoms with Crippen molar-refractivity contribution in [3.8, 4) is 0 Å². The Morgan fingerprint density at radius 2 is 2.06 bits per heavy atom. The minimum atomic E-state index is 0.492. The van der Waals surface area contributed by atoms with Crippen LogP contribution in [-0.2, 0) is 4.74 Å². The third-order valence-electron chi connectivity index (χ3n) is 4.10. The fourth-order valence-electron chi connectivity index (χ4n) is 2.78. The lowest BCUT2D eigenvalue weighted by molar-refractivity contribution is 0.00593. The number of hydrogen-bond acceptors (Lipinski definition) is 3. The molecule has 0 amide bonds. The van der Waals surface area contributed by atoms with Gasteiger partial charge in [0.2, 0.25) is 0 Å². The van der Waals surface area contributed by atoms with Crippen LogP contribution in [-0.4, -0.2) is 50.3 Å². The van der Waals surface area contributed by atoms with E-state index in [1.165, 1.54) is 38.9 Å². The topological polar surface area (TPSA) is 24.5 Å². The number of nitrogens with zero attached hydrogens (tertiary/aromatic N) is 1. The molecule has 1 atom stereocenters. The molecule has 3 heteroatoms. The highest BCUT2D eigenvalue weighted by Crippen LogP contribution is 2.30. The first-order chi connectivity index (χ1) is 7.68. The second-order valence-electron chi connectivity index (χ2n) is 5.84. The van der Waals surface area contributed by atoms with Crippen LogP contribution in [0.3, 0.4) is 0 Å². The van der Waals surface area contributed by atoms with E-state index in [9.17, 15) is 0 Å². The molecule has 1 unspecified atom stereocenters. The molecule has 3 nitrogen and oxygen atoms in total. The first-order valence-corrected chi connectivity index (χ1v) is 6.71. The van der Waals surface area contributed by atoms with Gasteiger partial charge < -0.3 is 15.0 Å². The molecule has 2 saturated heterocycles. The van der Waals surface area contributed by atoms with Gasteiger partial charge in [0.25, 0.3) is 0 Å². The maximum atomic E-state index is 5.46.